The van der Waals surface area contributed by atoms with Crippen molar-refractivity contribution in [1.82, 2.24) is 15.3 Å². The maximum atomic E-state index is 10.1. The van der Waals surface area contributed by atoms with Crippen molar-refractivity contribution in [2.75, 3.05) is 12.3 Å². The number of para-hydroxylation sites is 2. The van der Waals surface area contributed by atoms with Crippen LogP contribution < -0.4 is 5.32 Å². The molecule has 1 radical (unpaired) electrons. The molecule has 1 aromatic heterocycles. The van der Waals surface area contributed by atoms with Crippen LogP contribution in [-0.4, -0.2) is 28.4 Å². The molecule has 16 heavy (non-hydrogen) atoms. The van der Waals surface area contributed by atoms with Gasteiger partial charge in [-0.05, 0) is 12.1 Å². The van der Waals surface area contributed by atoms with Gasteiger partial charge in [-0.2, -0.15) is 0 Å². The molecule has 0 aliphatic heterocycles. The zero-order valence-electron chi connectivity index (χ0n) is 8.40. The Balaban J connectivity index is 1.92. The predicted molar refractivity (Wildman–Crippen MR) is 60.9 cm³/mol. The molecular weight excluding hydrogens is 226 g/mol. The number of imidazole rings is 1. The van der Waals surface area contributed by atoms with Gasteiger partial charge in [-0.25, -0.2) is 14.9 Å². The molecule has 1 amide bonds. The Labute approximate surface area is 96.3 Å². The normalized spacial score (nSPS) is 10.5. The number of aromatic nitrogens is 2. The van der Waals surface area contributed by atoms with Gasteiger partial charge in [0.1, 0.15) is 0 Å². The number of benzene rings is 1. The van der Waals surface area contributed by atoms with Crippen LogP contribution in [-0.2, 0) is 5.11 Å². The fourth-order valence-corrected chi connectivity index (χ4v) is 2.04. The van der Waals surface area contributed by atoms with Crippen LogP contribution in [0.5, 0.6) is 0 Å². The number of nitrogens with one attached hydrogen (secondary N) is 2. The first kappa shape index (κ1) is 10.8. The van der Waals surface area contributed by atoms with Crippen LogP contribution in [0.4, 0.5) is 4.79 Å². The number of hydrogen-bond acceptors (Lipinski definition) is 3. The summed E-state index contributed by atoms with van der Waals surface area (Å²) in [5, 5.41) is 13.1. The summed E-state index contributed by atoms with van der Waals surface area (Å²) < 4.78 is 0. The van der Waals surface area contributed by atoms with Crippen LogP contribution in [0.2, 0.25) is 0 Å². The highest BCUT2D eigenvalue weighted by molar-refractivity contribution is 7.99. The molecule has 6 heteroatoms. The molecule has 5 nitrogen and oxygen atoms in total. The van der Waals surface area contributed by atoms with E-state index in [4.69, 9.17) is 0 Å². The van der Waals surface area contributed by atoms with Crippen LogP contribution in [0.1, 0.15) is 0 Å². The molecular formula is C10H10N3O2S. The van der Waals surface area contributed by atoms with E-state index < -0.39 is 6.09 Å². The molecule has 2 N–H and O–H groups in total. The number of amides is 1. The van der Waals surface area contributed by atoms with Gasteiger partial charge in [-0.3, -0.25) is 0 Å². The third-order valence-electron chi connectivity index (χ3n) is 1.98. The Kier molecular flexibility index (Phi) is 3.31. The van der Waals surface area contributed by atoms with Gasteiger partial charge < -0.3 is 10.3 Å². The van der Waals surface area contributed by atoms with Crippen molar-refractivity contribution in [3.63, 3.8) is 0 Å². The summed E-state index contributed by atoms with van der Waals surface area (Å²) in [5.41, 5.74) is 1.90. The highest BCUT2D eigenvalue weighted by atomic mass is 32.2. The molecule has 0 saturated heterocycles. The van der Waals surface area contributed by atoms with E-state index in [2.05, 4.69) is 15.3 Å². The van der Waals surface area contributed by atoms with E-state index in [1.807, 2.05) is 24.3 Å². The Morgan fingerprint density at radius 3 is 3.00 bits per heavy atom. The first-order valence-corrected chi connectivity index (χ1v) is 5.76. The first-order valence-electron chi connectivity index (χ1n) is 4.78. The minimum atomic E-state index is -1.25. The number of carbonyl (C=O) groups is 1. The Hall–Kier alpha value is -1.69. The minimum Gasteiger partial charge on any atom is -0.333 e. The maximum absolute atomic E-state index is 10.1. The van der Waals surface area contributed by atoms with E-state index in [0.717, 1.165) is 16.2 Å². The predicted octanol–water partition coefficient (Wildman–Crippen LogP) is 1.80. The fraction of sp³-hybridized carbons (Fsp3) is 0.200. The summed E-state index contributed by atoms with van der Waals surface area (Å²) in [5.74, 6) is 0.619. The highest BCUT2D eigenvalue weighted by Gasteiger charge is 2.02. The molecule has 83 valence electrons. The lowest BCUT2D eigenvalue weighted by Gasteiger charge is -1.96. The minimum absolute atomic E-state index is 0.351. The first-order chi connectivity index (χ1) is 7.75. The number of rotatable bonds is 4. The molecule has 0 bridgehead atoms. The molecule has 2 rings (SSSR count). The van der Waals surface area contributed by atoms with Crippen molar-refractivity contribution in [3.05, 3.63) is 24.3 Å². The summed E-state index contributed by atoms with van der Waals surface area (Å²) >= 11 is 1.47. The van der Waals surface area contributed by atoms with Crippen molar-refractivity contribution in [1.29, 1.82) is 0 Å². The van der Waals surface area contributed by atoms with E-state index in [9.17, 15) is 9.90 Å². The number of thioether (sulfide) groups is 1. The van der Waals surface area contributed by atoms with Crippen molar-refractivity contribution < 1.29 is 9.90 Å². The largest absolute Gasteiger partial charge is 0.450 e. The van der Waals surface area contributed by atoms with E-state index in [1.165, 1.54) is 11.8 Å². The molecule has 0 fully saturated rings. The topological polar surface area (TPSA) is 77.7 Å². The van der Waals surface area contributed by atoms with Crippen LogP contribution in [0, 0.1) is 0 Å². The van der Waals surface area contributed by atoms with Crippen molar-refractivity contribution in [2.24, 2.45) is 0 Å². The van der Waals surface area contributed by atoms with Crippen molar-refractivity contribution >= 4 is 28.9 Å². The summed E-state index contributed by atoms with van der Waals surface area (Å²) in [7, 11) is 0. The number of fused-ring (bicyclic) bond motifs is 1. The Morgan fingerprint density at radius 2 is 2.25 bits per heavy atom. The average Bonchev–Trinajstić information content (AvgIpc) is 2.66. The number of hydrogen-bond donors (Lipinski definition) is 2. The second kappa shape index (κ2) is 4.89. The van der Waals surface area contributed by atoms with Crippen LogP contribution in [0.15, 0.2) is 29.4 Å². The monoisotopic (exact) mass is 236 g/mol. The van der Waals surface area contributed by atoms with E-state index in [1.54, 1.807) is 0 Å². The fourth-order valence-electron chi connectivity index (χ4n) is 1.30. The summed E-state index contributed by atoms with van der Waals surface area (Å²) in [4.78, 5) is 17.6. The van der Waals surface area contributed by atoms with Gasteiger partial charge in [-0.15, -0.1) is 0 Å². The Bertz CT molecular complexity index is 465. The van der Waals surface area contributed by atoms with Crippen molar-refractivity contribution in [3.8, 4) is 0 Å². The van der Waals surface area contributed by atoms with E-state index in [-0.39, 0.29) is 0 Å². The molecule has 0 unspecified atom stereocenters. The van der Waals surface area contributed by atoms with Gasteiger partial charge in [-0.1, -0.05) is 23.9 Å². The average molecular weight is 236 g/mol. The zero-order chi connectivity index (χ0) is 11.4. The second-order valence-corrected chi connectivity index (χ2v) is 4.21. The van der Waals surface area contributed by atoms with Crippen LogP contribution in [0.25, 0.3) is 11.0 Å². The van der Waals surface area contributed by atoms with E-state index in [0.29, 0.717) is 12.3 Å². The van der Waals surface area contributed by atoms with Gasteiger partial charge in [0.25, 0.3) is 0 Å². The molecule has 0 aliphatic rings. The van der Waals surface area contributed by atoms with Gasteiger partial charge in [0, 0.05) is 12.3 Å². The number of carbonyl (C=O) groups excluding carboxylic acids is 1. The number of aromatic amines is 1. The molecule has 0 spiro atoms. The Morgan fingerprint density at radius 1 is 1.44 bits per heavy atom. The molecule has 0 saturated carbocycles. The van der Waals surface area contributed by atoms with Crippen LogP contribution in [0.3, 0.4) is 0 Å². The lowest BCUT2D eigenvalue weighted by Crippen LogP contribution is -2.22. The van der Waals surface area contributed by atoms with E-state index >= 15 is 0 Å². The lowest BCUT2D eigenvalue weighted by molar-refractivity contribution is 0.169. The van der Waals surface area contributed by atoms with Gasteiger partial charge in [0.2, 0.25) is 0 Å². The molecule has 1 heterocycles. The highest BCUT2D eigenvalue weighted by Crippen LogP contribution is 2.18. The molecule has 0 aliphatic carbocycles. The molecule has 2 aromatic rings. The molecule has 0 atom stereocenters. The summed E-state index contributed by atoms with van der Waals surface area (Å²) in [6.45, 7) is 0.351. The maximum Gasteiger partial charge on any atom is 0.450 e. The van der Waals surface area contributed by atoms with Gasteiger partial charge in [0.15, 0.2) is 5.16 Å². The second-order valence-electron chi connectivity index (χ2n) is 3.12. The molecule has 1 aromatic carbocycles. The SMILES string of the molecule is [O]C(=O)NCCSc1nc2ccccc2[nH]1. The van der Waals surface area contributed by atoms with Crippen LogP contribution >= 0.6 is 11.8 Å². The standard InChI is InChI=1S/C10H10N3O2S/c14-10(15)11-5-6-16-9-12-7-3-1-2-4-8(7)13-9/h1-4,11H,5-6H2,(H,12,13). The third-order valence-corrected chi connectivity index (χ3v) is 2.85. The third kappa shape index (κ3) is 2.66. The lowest BCUT2D eigenvalue weighted by atomic mass is 10.3. The van der Waals surface area contributed by atoms with Gasteiger partial charge in [0.05, 0.1) is 11.0 Å². The zero-order valence-corrected chi connectivity index (χ0v) is 9.21. The van der Waals surface area contributed by atoms with Crippen molar-refractivity contribution in [2.45, 2.75) is 5.16 Å². The summed E-state index contributed by atoms with van der Waals surface area (Å²) in [6.07, 6.45) is -1.25. The number of H-pyrrole nitrogens is 1. The quantitative estimate of drug-likeness (QED) is 0.627. The number of nitrogens with zero attached hydrogens (tertiary/aromatic N) is 1. The van der Waals surface area contributed by atoms with Gasteiger partial charge >= 0.3 is 6.09 Å². The summed E-state index contributed by atoms with van der Waals surface area (Å²) in [6, 6.07) is 7.74. The smallest absolute Gasteiger partial charge is 0.333 e.